The second kappa shape index (κ2) is 3.86. The van der Waals surface area contributed by atoms with Gasteiger partial charge in [0.1, 0.15) is 0 Å². The van der Waals surface area contributed by atoms with Crippen LogP contribution in [0.3, 0.4) is 0 Å². The minimum absolute atomic E-state index is 0.136. The van der Waals surface area contributed by atoms with Crippen molar-refractivity contribution in [2.45, 2.75) is 33.2 Å². The first kappa shape index (κ1) is 10.8. The normalized spacial score (nSPS) is 11.5. The van der Waals surface area contributed by atoms with E-state index in [1.54, 1.807) is 0 Å². The molecule has 1 nitrogen and oxygen atoms in total. The zero-order chi connectivity index (χ0) is 10.1. The summed E-state index contributed by atoms with van der Waals surface area (Å²) in [7, 11) is 0. The van der Waals surface area contributed by atoms with Crippen LogP contribution in [-0.4, -0.2) is 5.54 Å². The Labute approximate surface area is 94.1 Å². The highest BCUT2D eigenvalue weighted by molar-refractivity contribution is 14.1. The van der Waals surface area contributed by atoms with E-state index >= 15 is 0 Å². The van der Waals surface area contributed by atoms with Crippen molar-refractivity contribution in [3.05, 3.63) is 27.3 Å². The number of hydrogen-bond donors (Lipinski definition) is 1. The number of anilines is 1. The number of halogens is 1. The van der Waals surface area contributed by atoms with Crippen molar-refractivity contribution in [3.8, 4) is 0 Å². The quantitative estimate of drug-likeness (QED) is 0.775. The lowest BCUT2D eigenvalue weighted by Gasteiger charge is -2.23. The predicted molar refractivity (Wildman–Crippen MR) is 67.3 cm³/mol. The summed E-state index contributed by atoms with van der Waals surface area (Å²) in [6.45, 7) is 8.65. The highest BCUT2D eigenvalue weighted by atomic mass is 127. The van der Waals surface area contributed by atoms with E-state index in [1.165, 1.54) is 14.8 Å². The molecule has 0 aliphatic heterocycles. The van der Waals surface area contributed by atoms with E-state index in [9.17, 15) is 0 Å². The molecule has 0 atom stereocenters. The van der Waals surface area contributed by atoms with E-state index in [0.717, 1.165) is 0 Å². The van der Waals surface area contributed by atoms with Gasteiger partial charge in [0.05, 0.1) is 0 Å². The molecule has 72 valence electrons. The molecule has 0 bridgehead atoms. The first-order valence-corrected chi connectivity index (χ1v) is 5.51. The first-order chi connectivity index (χ1) is 5.88. The molecular weight excluding hydrogens is 273 g/mol. The molecule has 0 aromatic heterocycles. The second-order valence-electron chi connectivity index (χ2n) is 4.33. The molecular formula is C11H16IN. The van der Waals surface area contributed by atoms with Crippen molar-refractivity contribution >= 4 is 28.3 Å². The molecule has 0 aliphatic carbocycles. The summed E-state index contributed by atoms with van der Waals surface area (Å²) in [6.07, 6.45) is 0. The van der Waals surface area contributed by atoms with Crippen molar-refractivity contribution in [1.82, 2.24) is 0 Å². The minimum atomic E-state index is 0.136. The molecule has 2 heteroatoms. The predicted octanol–water partition coefficient (Wildman–Crippen LogP) is 3.81. The van der Waals surface area contributed by atoms with E-state index in [0.29, 0.717) is 0 Å². The molecule has 1 rings (SSSR count). The Balaban J connectivity index is 2.90. The van der Waals surface area contributed by atoms with E-state index in [4.69, 9.17) is 0 Å². The largest absolute Gasteiger partial charge is 0.380 e. The summed E-state index contributed by atoms with van der Waals surface area (Å²) in [5.74, 6) is 0. The lowest BCUT2D eigenvalue weighted by molar-refractivity contribution is 0.633. The van der Waals surface area contributed by atoms with Crippen LogP contribution in [0.25, 0.3) is 0 Å². The van der Waals surface area contributed by atoms with Gasteiger partial charge in [-0.25, -0.2) is 0 Å². The van der Waals surface area contributed by atoms with Gasteiger partial charge in [-0.2, -0.15) is 0 Å². The summed E-state index contributed by atoms with van der Waals surface area (Å²) in [4.78, 5) is 0. The molecule has 0 fully saturated rings. The Bertz CT molecular complexity index is 299. The summed E-state index contributed by atoms with van der Waals surface area (Å²) in [5.41, 5.74) is 2.67. The lowest BCUT2D eigenvalue weighted by atomic mass is 10.1. The molecule has 1 aromatic carbocycles. The van der Waals surface area contributed by atoms with E-state index < -0.39 is 0 Å². The van der Waals surface area contributed by atoms with Gasteiger partial charge in [0.25, 0.3) is 0 Å². The summed E-state index contributed by atoms with van der Waals surface area (Å²) in [5, 5.41) is 3.47. The average molecular weight is 289 g/mol. The van der Waals surface area contributed by atoms with Gasteiger partial charge in [-0.3, -0.25) is 0 Å². The van der Waals surface area contributed by atoms with Crippen LogP contribution in [-0.2, 0) is 0 Å². The highest BCUT2D eigenvalue weighted by Crippen LogP contribution is 2.21. The van der Waals surface area contributed by atoms with Gasteiger partial charge in [0, 0.05) is 14.8 Å². The van der Waals surface area contributed by atoms with E-state index in [1.807, 2.05) is 0 Å². The number of rotatable bonds is 1. The van der Waals surface area contributed by atoms with Crippen LogP contribution in [0.4, 0.5) is 5.69 Å². The molecule has 0 unspecified atom stereocenters. The standard InChI is InChI=1S/C11H16IN/c1-8-7-9(12)5-6-10(8)13-11(2,3)4/h5-7,13H,1-4H3. The molecule has 13 heavy (non-hydrogen) atoms. The number of benzene rings is 1. The van der Waals surface area contributed by atoms with Gasteiger partial charge in [0.2, 0.25) is 0 Å². The van der Waals surface area contributed by atoms with Crippen LogP contribution >= 0.6 is 22.6 Å². The SMILES string of the molecule is Cc1cc(I)ccc1NC(C)(C)C. The van der Waals surface area contributed by atoms with E-state index in [2.05, 4.69) is 73.8 Å². The molecule has 0 amide bonds. The van der Waals surface area contributed by atoms with Crippen molar-refractivity contribution in [1.29, 1.82) is 0 Å². The monoisotopic (exact) mass is 289 g/mol. The van der Waals surface area contributed by atoms with Gasteiger partial charge in [0.15, 0.2) is 0 Å². The first-order valence-electron chi connectivity index (χ1n) is 4.43. The molecule has 0 saturated heterocycles. The summed E-state index contributed by atoms with van der Waals surface area (Å²) < 4.78 is 1.29. The Morgan fingerprint density at radius 2 is 1.85 bits per heavy atom. The third-order valence-corrected chi connectivity index (χ3v) is 2.37. The highest BCUT2D eigenvalue weighted by Gasteiger charge is 2.10. The Morgan fingerprint density at radius 1 is 1.23 bits per heavy atom. The van der Waals surface area contributed by atoms with Crippen LogP contribution in [0.2, 0.25) is 0 Å². The summed E-state index contributed by atoms with van der Waals surface area (Å²) in [6, 6.07) is 6.46. The molecule has 0 aliphatic rings. The topological polar surface area (TPSA) is 12.0 Å². The molecule has 0 saturated carbocycles. The van der Waals surface area contributed by atoms with Crippen molar-refractivity contribution in [2.24, 2.45) is 0 Å². The fourth-order valence-corrected chi connectivity index (χ4v) is 1.82. The smallest absolute Gasteiger partial charge is 0.0374 e. The fourth-order valence-electron chi connectivity index (χ4n) is 1.17. The maximum absolute atomic E-state index is 3.47. The Hall–Kier alpha value is -0.250. The summed E-state index contributed by atoms with van der Waals surface area (Å²) >= 11 is 2.33. The molecule has 1 aromatic rings. The third-order valence-electron chi connectivity index (χ3n) is 1.70. The number of nitrogens with one attached hydrogen (secondary N) is 1. The minimum Gasteiger partial charge on any atom is -0.380 e. The lowest BCUT2D eigenvalue weighted by Crippen LogP contribution is -2.26. The van der Waals surface area contributed by atoms with E-state index in [-0.39, 0.29) is 5.54 Å². The Morgan fingerprint density at radius 3 is 2.31 bits per heavy atom. The van der Waals surface area contributed by atoms with Gasteiger partial charge < -0.3 is 5.32 Å². The number of aryl methyl sites for hydroxylation is 1. The number of hydrogen-bond acceptors (Lipinski definition) is 1. The zero-order valence-electron chi connectivity index (χ0n) is 8.61. The molecule has 0 radical (unpaired) electrons. The Kier molecular flexibility index (Phi) is 3.22. The zero-order valence-corrected chi connectivity index (χ0v) is 10.8. The van der Waals surface area contributed by atoms with Crippen LogP contribution < -0.4 is 5.32 Å². The van der Waals surface area contributed by atoms with Gasteiger partial charge in [-0.05, 0) is 74.0 Å². The molecule has 0 spiro atoms. The van der Waals surface area contributed by atoms with Gasteiger partial charge in [-0.1, -0.05) is 0 Å². The van der Waals surface area contributed by atoms with Crippen LogP contribution in [0.15, 0.2) is 18.2 Å². The fraction of sp³-hybridized carbons (Fsp3) is 0.455. The second-order valence-corrected chi connectivity index (χ2v) is 5.58. The molecule has 1 N–H and O–H groups in total. The van der Waals surface area contributed by atoms with Gasteiger partial charge >= 0.3 is 0 Å². The van der Waals surface area contributed by atoms with Crippen molar-refractivity contribution in [2.75, 3.05) is 5.32 Å². The van der Waals surface area contributed by atoms with Crippen molar-refractivity contribution < 1.29 is 0 Å². The third kappa shape index (κ3) is 3.55. The maximum Gasteiger partial charge on any atom is 0.0374 e. The van der Waals surface area contributed by atoms with Crippen LogP contribution in [0, 0.1) is 10.5 Å². The van der Waals surface area contributed by atoms with Gasteiger partial charge in [-0.15, -0.1) is 0 Å². The average Bonchev–Trinajstić information content (AvgIpc) is 1.93. The van der Waals surface area contributed by atoms with Crippen molar-refractivity contribution in [3.63, 3.8) is 0 Å². The molecule has 0 heterocycles. The maximum atomic E-state index is 3.47. The van der Waals surface area contributed by atoms with Crippen LogP contribution in [0.1, 0.15) is 26.3 Å². The van der Waals surface area contributed by atoms with Crippen LogP contribution in [0.5, 0.6) is 0 Å².